The summed E-state index contributed by atoms with van der Waals surface area (Å²) in [5, 5.41) is 4.41. The third-order valence-electron chi connectivity index (χ3n) is 2.76. The van der Waals surface area contributed by atoms with Crippen LogP contribution in [0.25, 0.3) is 0 Å². The fourth-order valence-corrected chi connectivity index (χ4v) is 2.27. The number of halogens is 1. The third-order valence-corrected chi connectivity index (χ3v) is 3.79. The Morgan fingerprint density at radius 2 is 2.11 bits per heavy atom. The van der Waals surface area contributed by atoms with Crippen molar-refractivity contribution in [1.82, 2.24) is 19.3 Å². The molecular formula is C12H15BrN4O. The van der Waals surface area contributed by atoms with E-state index in [0.717, 1.165) is 28.0 Å². The summed E-state index contributed by atoms with van der Waals surface area (Å²) in [5.74, 6) is 0. The smallest absolute Gasteiger partial charge is 0.293 e. The van der Waals surface area contributed by atoms with Gasteiger partial charge >= 0.3 is 5.69 Å². The van der Waals surface area contributed by atoms with E-state index in [1.165, 1.54) is 0 Å². The molecule has 0 aliphatic rings. The maximum absolute atomic E-state index is 11.7. The van der Waals surface area contributed by atoms with Crippen LogP contribution >= 0.6 is 15.9 Å². The average molecular weight is 311 g/mol. The van der Waals surface area contributed by atoms with Crippen LogP contribution in [0.15, 0.2) is 21.7 Å². The molecule has 2 aromatic rings. The summed E-state index contributed by atoms with van der Waals surface area (Å²) in [5.41, 5.74) is 2.64. The summed E-state index contributed by atoms with van der Waals surface area (Å²) in [6.45, 7) is 7.13. The van der Waals surface area contributed by atoms with Gasteiger partial charge in [-0.05, 0) is 42.3 Å². The Balaban J connectivity index is 2.45. The van der Waals surface area contributed by atoms with Crippen molar-refractivity contribution < 1.29 is 0 Å². The molecule has 0 spiro atoms. The van der Waals surface area contributed by atoms with Gasteiger partial charge in [-0.25, -0.2) is 9.78 Å². The van der Waals surface area contributed by atoms with Crippen molar-refractivity contribution >= 4 is 15.9 Å². The van der Waals surface area contributed by atoms with Gasteiger partial charge in [-0.3, -0.25) is 9.25 Å². The van der Waals surface area contributed by atoms with E-state index in [1.54, 1.807) is 10.8 Å². The van der Waals surface area contributed by atoms with Crippen LogP contribution < -0.4 is 5.69 Å². The molecule has 18 heavy (non-hydrogen) atoms. The van der Waals surface area contributed by atoms with E-state index in [0.29, 0.717) is 6.54 Å². The minimum absolute atomic E-state index is 0.242. The van der Waals surface area contributed by atoms with E-state index in [1.807, 2.05) is 31.6 Å². The first-order chi connectivity index (χ1) is 8.52. The van der Waals surface area contributed by atoms with Gasteiger partial charge in [0.05, 0.1) is 22.4 Å². The predicted molar refractivity (Wildman–Crippen MR) is 72.7 cm³/mol. The fraction of sp³-hybridized carbons (Fsp3) is 0.417. The molecule has 0 unspecified atom stereocenters. The molecule has 2 rings (SSSR count). The van der Waals surface area contributed by atoms with Gasteiger partial charge in [0.15, 0.2) is 0 Å². The van der Waals surface area contributed by atoms with Gasteiger partial charge in [-0.1, -0.05) is 0 Å². The monoisotopic (exact) mass is 310 g/mol. The molecule has 0 radical (unpaired) electrons. The lowest BCUT2D eigenvalue weighted by atomic mass is 10.3. The molecule has 0 aromatic carbocycles. The number of hydrogen-bond donors (Lipinski definition) is 0. The molecule has 2 heterocycles. The quantitative estimate of drug-likeness (QED) is 0.870. The molecule has 0 bridgehead atoms. The summed E-state index contributed by atoms with van der Waals surface area (Å²) < 4.78 is 4.45. The average Bonchev–Trinajstić information content (AvgIpc) is 2.61. The van der Waals surface area contributed by atoms with Crippen molar-refractivity contribution in [1.29, 1.82) is 0 Å². The molecule has 0 saturated carbocycles. The Bertz CT molecular complexity index is 629. The zero-order chi connectivity index (χ0) is 13.3. The van der Waals surface area contributed by atoms with Gasteiger partial charge in [0.2, 0.25) is 0 Å². The maximum Gasteiger partial charge on any atom is 0.347 e. The van der Waals surface area contributed by atoms with Crippen molar-refractivity contribution in [2.75, 3.05) is 0 Å². The van der Waals surface area contributed by atoms with E-state index >= 15 is 0 Å². The molecule has 0 aliphatic carbocycles. The highest BCUT2D eigenvalue weighted by Gasteiger charge is 2.13. The lowest BCUT2D eigenvalue weighted by Crippen LogP contribution is -2.24. The summed E-state index contributed by atoms with van der Waals surface area (Å²) in [6.07, 6.45) is 3.39. The molecule has 0 N–H and O–H groups in total. The minimum Gasteiger partial charge on any atom is -0.293 e. The molecule has 6 heteroatoms. The van der Waals surface area contributed by atoms with Crippen LogP contribution in [0.3, 0.4) is 0 Å². The van der Waals surface area contributed by atoms with Crippen LogP contribution in [0.4, 0.5) is 0 Å². The third kappa shape index (κ3) is 2.38. The number of aromatic nitrogens is 4. The van der Waals surface area contributed by atoms with Crippen LogP contribution in [0, 0.1) is 13.8 Å². The van der Waals surface area contributed by atoms with Crippen molar-refractivity contribution in [2.45, 2.75) is 33.9 Å². The van der Waals surface area contributed by atoms with E-state index in [-0.39, 0.29) is 5.69 Å². The Hall–Kier alpha value is -1.43. The highest BCUT2D eigenvalue weighted by atomic mass is 79.9. The zero-order valence-electron chi connectivity index (χ0n) is 10.6. The Labute approximate surface area is 114 Å². The fourth-order valence-electron chi connectivity index (χ4n) is 1.86. The van der Waals surface area contributed by atoms with E-state index in [9.17, 15) is 4.79 Å². The summed E-state index contributed by atoms with van der Waals surface area (Å²) >= 11 is 3.52. The second kappa shape index (κ2) is 5.06. The number of rotatable bonds is 3. The van der Waals surface area contributed by atoms with Crippen molar-refractivity contribution in [3.63, 3.8) is 0 Å². The standard InChI is InChI=1S/C12H15BrN4O/c1-4-17-10(11(13)9(3)15-17)7-16-6-8(2)5-14-12(16)18/h5-6H,4,7H2,1-3H3. The molecule has 0 atom stereocenters. The van der Waals surface area contributed by atoms with Crippen LogP contribution in [-0.2, 0) is 13.1 Å². The largest absolute Gasteiger partial charge is 0.347 e. The first-order valence-corrected chi connectivity index (χ1v) is 6.57. The molecular weight excluding hydrogens is 296 g/mol. The summed E-state index contributed by atoms with van der Waals surface area (Å²) in [6, 6.07) is 0. The maximum atomic E-state index is 11.7. The summed E-state index contributed by atoms with van der Waals surface area (Å²) in [4.78, 5) is 15.5. The van der Waals surface area contributed by atoms with Crippen LogP contribution in [-0.4, -0.2) is 19.3 Å². The lowest BCUT2D eigenvalue weighted by molar-refractivity contribution is 0.585. The van der Waals surface area contributed by atoms with Crippen LogP contribution in [0.1, 0.15) is 23.9 Å². The van der Waals surface area contributed by atoms with Crippen LogP contribution in [0.5, 0.6) is 0 Å². The first kappa shape index (κ1) is 13.0. The van der Waals surface area contributed by atoms with Gasteiger partial charge in [0.1, 0.15) is 0 Å². The second-order valence-electron chi connectivity index (χ2n) is 4.20. The van der Waals surface area contributed by atoms with E-state index in [2.05, 4.69) is 26.0 Å². The van der Waals surface area contributed by atoms with Gasteiger partial charge in [0.25, 0.3) is 0 Å². The van der Waals surface area contributed by atoms with E-state index < -0.39 is 0 Å². The Morgan fingerprint density at radius 3 is 2.78 bits per heavy atom. The highest BCUT2D eigenvalue weighted by molar-refractivity contribution is 9.10. The molecule has 0 fully saturated rings. The molecule has 0 amide bonds. The van der Waals surface area contributed by atoms with Gasteiger partial charge in [-0.2, -0.15) is 5.10 Å². The van der Waals surface area contributed by atoms with E-state index in [4.69, 9.17) is 0 Å². The Kier molecular flexibility index (Phi) is 3.65. The normalized spacial score (nSPS) is 10.9. The first-order valence-electron chi connectivity index (χ1n) is 5.77. The van der Waals surface area contributed by atoms with Crippen molar-refractivity contribution in [3.8, 4) is 0 Å². The molecule has 2 aromatic heterocycles. The van der Waals surface area contributed by atoms with Crippen molar-refractivity contribution in [3.05, 3.63) is 44.3 Å². The van der Waals surface area contributed by atoms with Crippen LogP contribution in [0.2, 0.25) is 0 Å². The molecule has 5 nitrogen and oxygen atoms in total. The van der Waals surface area contributed by atoms with Gasteiger partial charge < -0.3 is 0 Å². The lowest BCUT2D eigenvalue weighted by Gasteiger charge is -2.08. The predicted octanol–water partition coefficient (Wildman–Crippen LogP) is 1.89. The SMILES string of the molecule is CCn1nc(C)c(Br)c1Cn1cc(C)cnc1=O. The topological polar surface area (TPSA) is 52.7 Å². The minimum atomic E-state index is -0.242. The molecule has 0 aliphatic heterocycles. The highest BCUT2D eigenvalue weighted by Crippen LogP contribution is 2.21. The van der Waals surface area contributed by atoms with Gasteiger partial charge in [-0.15, -0.1) is 0 Å². The molecule has 0 saturated heterocycles. The number of hydrogen-bond acceptors (Lipinski definition) is 3. The van der Waals surface area contributed by atoms with Gasteiger partial charge in [0, 0.05) is 18.9 Å². The van der Waals surface area contributed by atoms with Crippen molar-refractivity contribution in [2.24, 2.45) is 0 Å². The number of aryl methyl sites for hydroxylation is 3. The number of nitrogens with zero attached hydrogens (tertiary/aromatic N) is 4. The molecule has 96 valence electrons. The zero-order valence-corrected chi connectivity index (χ0v) is 12.2. The summed E-state index contributed by atoms with van der Waals surface area (Å²) in [7, 11) is 0. The second-order valence-corrected chi connectivity index (χ2v) is 5.00. The Morgan fingerprint density at radius 1 is 1.39 bits per heavy atom.